The van der Waals surface area contributed by atoms with Crippen molar-refractivity contribution >= 4 is 0 Å². The fourth-order valence-corrected chi connectivity index (χ4v) is 4.24. The van der Waals surface area contributed by atoms with E-state index in [2.05, 4.69) is 48.5 Å². The van der Waals surface area contributed by atoms with Crippen LogP contribution in [0.4, 0.5) is 0 Å². The molecule has 2 aliphatic carbocycles. The standard InChI is InChI=1S/C19H21N/c20-15-9-10-18-16-7-3-1-5-13(16)11-14-6-2-4-8-17(14)19(18)12-15/h1-8,15,18-19H,9-12,20H2. The summed E-state index contributed by atoms with van der Waals surface area (Å²) in [6.07, 6.45) is 4.61. The lowest BCUT2D eigenvalue weighted by molar-refractivity contribution is 0.348. The lowest BCUT2D eigenvalue weighted by Gasteiger charge is -2.35. The van der Waals surface area contributed by atoms with Crippen LogP contribution in [0.15, 0.2) is 48.5 Å². The summed E-state index contributed by atoms with van der Waals surface area (Å²) in [5, 5.41) is 0. The van der Waals surface area contributed by atoms with Crippen LogP contribution in [0.1, 0.15) is 53.4 Å². The largest absolute Gasteiger partial charge is 0.328 e. The van der Waals surface area contributed by atoms with E-state index in [1.54, 1.807) is 11.1 Å². The van der Waals surface area contributed by atoms with Crippen LogP contribution in [0.5, 0.6) is 0 Å². The minimum absolute atomic E-state index is 0.370. The number of benzene rings is 2. The zero-order chi connectivity index (χ0) is 13.5. The Balaban J connectivity index is 1.90. The van der Waals surface area contributed by atoms with Crippen molar-refractivity contribution < 1.29 is 0 Å². The number of nitrogens with two attached hydrogens (primary N) is 1. The molecule has 1 fully saturated rings. The second-order valence-corrected chi connectivity index (χ2v) is 6.36. The van der Waals surface area contributed by atoms with Crippen LogP contribution in [-0.2, 0) is 6.42 Å². The van der Waals surface area contributed by atoms with Crippen LogP contribution >= 0.6 is 0 Å². The van der Waals surface area contributed by atoms with Crippen molar-refractivity contribution in [3.05, 3.63) is 70.8 Å². The van der Waals surface area contributed by atoms with Crippen LogP contribution < -0.4 is 5.73 Å². The lowest BCUT2D eigenvalue weighted by Crippen LogP contribution is -2.31. The van der Waals surface area contributed by atoms with Crippen molar-refractivity contribution in [3.8, 4) is 0 Å². The van der Waals surface area contributed by atoms with Gasteiger partial charge in [0.05, 0.1) is 0 Å². The van der Waals surface area contributed by atoms with Gasteiger partial charge in [-0.1, -0.05) is 48.5 Å². The average molecular weight is 263 g/mol. The average Bonchev–Trinajstić information content (AvgIpc) is 2.61. The summed E-state index contributed by atoms with van der Waals surface area (Å²) >= 11 is 0. The van der Waals surface area contributed by atoms with Gasteiger partial charge in [-0.3, -0.25) is 0 Å². The van der Waals surface area contributed by atoms with Crippen LogP contribution in [0.25, 0.3) is 0 Å². The third kappa shape index (κ3) is 1.89. The van der Waals surface area contributed by atoms with Gasteiger partial charge in [0.15, 0.2) is 0 Å². The molecule has 0 spiro atoms. The lowest BCUT2D eigenvalue weighted by atomic mass is 9.71. The van der Waals surface area contributed by atoms with Crippen molar-refractivity contribution in [2.75, 3.05) is 0 Å². The van der Waals surface area contributed by atoms with E-state index in [1.807, 2.05) is 0 Å². The topological polar surface area (TPSA) is 26.0 Å². The molecule has 0 bridgehead atoms. The quantitative estimate of drug-likeness (QED) is 0.764. The highest BCUT2D eigenvalue weighted by atomic mass is 14.6. The van der Waals surface area contributed by atoms with E-state index in [1.165, 1.54) is 17.5 Å². The van der Waals surface area contributed by atoms with Gasteiger partial charge in [-0.2, -0.15) is 0 Å². The summed E-state index contributed by atoms with van der Waals surface area (Å²) < 4.78 is 0. The Morgan fingerprint density at radius 3 is 2.05 bits per heavy atom. The molecular weight excluding hydrogens is 242 g/mol. The Kier molecular flexibility index (Phi) is 2.89. The van der Waals surface area contributed by atoms with Gasteiger partial charge in [0.1, 0.15) is 0 Å². The van der Waals surface area contributed by atoms with E-state index in [-0.39, 0.29) is 0 Å². The molecule has 0 radical (unpaired) electrons. The SMILES string of the molecule is NC1CCC2c3ccccc3Cc3ccccc3C2C1. The first-order chi connectivity index (χ1) is 9.83. The summed E-state index contributed by atoms with van der Waals surface area (Å²) in [5.41, 5.74) is 12.4. The predicted molar refractivity (Wildman–Crippen MR) is 83.0 cm³/mol. The van der Waals surface area contributed by atoms with Gasteiger partial charge >= 0.3 is 0 Å². The van der Waals surface area contributed by atoms with E-state index in [0.29, 0.717) is 17.9 Å². The highest BCUT2D eigenvalue weighted by molar-refractivity contribution is 5.45. The predicted octanol–water partition coefficient (Wildman–Crippen LogP) is 3.97. The van der Waals surface area contributed by atoms with E-state index >= 15 is 0 Å². The molecule has 1 heteroatoms. The van der Waals surface area contributed by atoms with E-state index in [4.69, 9.17) is 5.73 Å². The molecule has 2 N–H and O–H groups in total. The molecule has 2 aliphatic rings. The summed E-state index contributed by atoms with van der Waals surface area (Å²) in [4.78, 5) is 0. The summed E-state index contributed by atoms with van der Waals surface area (Å²) in [6.45, 7) is 0. The maximum atomic E-state index is 6.27. The first-order valence-electron chi connectivity index (χ1n) is 7.74. The number of rotatable bonds is 0. The molecule has 3 atom stereocenters. The van der Waals surface area contributed by atoms with Gasteiger partial charge in [0.25, 0.3) is 0 Å². The van der Waals surface area contributed by atoms with Crippen molar-refractivity contribution in [1.82, 2.24) is 0 Å². The summed E-state index contributed by atoms with van der Waals surface area (Å²) in [6, 6.07) is 18.4. The van der Waals surface area contributed by atoms with Gasteiger partial charge in [-0.15, -0.1) is 0 Å². The van der Waals surface area contributed by atoms with Gasteiger partial charge in [0.2, 0.25) is 0 Å². The number of hydrogen-bond acceptors (Lipinski definition) is 1. The van der Waals surface area contributed by atoms with Crippen molar-refractivity contribution in [2.45, 2.75) is 43.6 Å². The van der Waals surface area contributed by atoms with Crippen LogP contribution in [0, 0.1) is 0 Å². The Labute approximate surface area is 120 Å². The second-order valence-electron chi connectivity index (χ2n) is 6.36. The zero-order valence-electron chi connectivity index (χ0n) is 11.8. The van der Waals surface area contributed by atoms with Gasteiger partial charge < -0.3 is 5.73 Å². The normalized spacial score (nSPS) is 27.9. The van der Waals surface area contributed by atoms with E-state index < -0.39 is 0 Å². The molecule has 0 saturated heterocycles. The van der Waals surface area contributed by atoms with Crippen LogP contribution in [-0.4, -0.2) is 6.04 Å². The third-order valence-corrected chi connectivity index (χ3v) is 5.18. The van der Waals surface area contributed by atoms with Crippen LogP contribution in [0.3, 0.4) is 0 Å². The molecular formula is C19H21N. The smallest absolute Gasteiger partial charge is 0.00450 e. The minimum atomic E-state index is 0.370. The van der Waals surface area contributed by atoms with Gasteiger partial charge in [-0.25, -0.2) is 0 Å². The fourth-order valence-electron chi connectivity index (χ4n) is 4.24. The fraction of sp³-hybridized carbons (Fsp3) is 0.368. The van der Waals surface area contributed by atoms with Crippen molar-refractivity contribution in [2.24, 2.45) is 5.73 Å². The van der Waals surface area contributed by atoms with Crippen LogP contribution in [0.2, 0.25) is 0 Å². The van der Waals surface area contributed by atoms with E-state index in [0.717, 1.165) is 19.3 Å². The molecule has 0 amide bonds. The molecule has 20 heavy (non-hydrogen) atoms. The first kappa shape index (κ1) is 12.2. The molecule has 2 aromatic carbocycles. The maximum Gasteiger partial charge on any atom is 0.00450 e. The van der Waals surface area contributed by atoms with E-state index in [9.17, 15) is 0 Å². The van der Waals surface area contributed by atoms with Gasteiger partial charge in [-0.05, 0) is 59.8 Å². The summed E-state index contributed by atoms with van der Waals surface area (Å²) in [7, 11) is 0. The Bertz CT molecular complexity index is 631. The molecule has 1 saturated carbocycles. The zero-order valence-corrected chi connectivity index (χ0v) is 11.8. The molecule has 0 aromatic heterocycles. The second kappa shape index (κ2) is 4.75. The van der Waals surface area contributed by atoms with Gasteiger partial charge in [0, 0.05) is 6.04 Å². The van der Waals surface area contributed by atoms with Crippen molar-refractivity contribution in [3.63, 3.8) is 0 Å². The highest BCUT2D eigenvalue weighted by Gasteiger charge is 2.35. The first-order valence-corrected chi connectivity index (χ1v) is 7.74. The number of fused-ring (bicyclic) bond motifs is 5. The monoisotopic (exact) mass is 263 g/mol. The summed E-state index contributed by atoms with van der Waals surface area (Å²) in [5.74, 6) is 1.27. The molecule has 3 unspecified atom stereocenters. The molecule has 1 nitrogen and oxygen atoms in total. The third-order valence-electron chi connectivity index (χ3n) is 5.18. The molecule has 2 aromatic rings. The Morgan fingerprint density at radius 1 is 0.750 bits per heavy atom. The molecule has 0 aliphatic heterocycles. The highest BCUT2D eigenvalue weighted by Crippen LogP contribution is 2.48. The maximum absolute atomic E-state index is 6.27. The molecule has 102 valence electrons. The Morgan fingerprint density at radius 2 is 1.35 bits per heavy atom. The molecule has 4 rings (SSSR count). The minimum Gasteiger partial charge on any atom is -0.328 e. The molecule has 0 heterocycles. The Hall–Kier alpha value is -1.60. The van der Waals surface area contributed by atoms with Crippen molar-refractivity contribution in [1.29, 1.82) is 0 Å². The number of hydrogen-bond donors (Lipinski definition) is 1.